The Bertz CT molecular complexity index is 1600. The minimum absolute atomic E-state index is 0.0374. The Balaban J connectivity index is 0.000000162. The first-order chi connectivity index (χ1) is 20.9. The van der Waals surface area contributed by atoms with Gasteiger partial charge in [0.05, 0.1) is 11.1 Å². The number of rotatable bonds is 2. The number of phenols is 2. The molecular formula is C37H42O7. The largest absolute Gasteiger partial charge is 0.507 e. The summed E-state index contributed by atoms with van der Waals surface area (Å²) in [5.41, 5.74) is 2.79. The summed E-state index contributed by atoms with van der Waals surface area (Å²) in [7, 11) is 0. The normalized spacial score (nSPS) is 31.7. The fourth-order valence-electron chi connectivity index (χ4n) is 9.37. The van der Waals surface area contributed by atoms with Crippen molar-refractivity contribution in [2.75, 3.05) is 0 Å². The molecule has 0 radical (unpaired) electrons. The Labute approximate surface area is 258 Å². The number of esters is 1. The van der Waals surface area contributed by atoms with Gasteiger partial charge in [0.15, 0.2) is 11.6 Å². The predicted molar refractivity (Wildman–Crippen MR) is 165 cm³/mol. The fourth-order valence-corrected chi connectivity index (χ4v) is 9.37. The van der Waals surface area contributed by atoms with E-state index in [-0.39, 0.29) is 62.4 Å². The van der Waals surface area contributed by atoms with Crippen LogP contribution in [0.4, 0.5) is 0 Å². The monoisotopic (exact) mass is 598 g/mol. The summed E-state index contributed by atoms with van der Waals surface area (Å²) in [6.07, 6.45) is 11.3. The van der Waals surface area contributed by atoms with Crippen LogP contribution >= 0.6 is 0 Å². The van der Waals surface area contributed by atoms with E-state index in [4.69, 9.17) is 4.74 Å². The molecular weight excluding hydrogens is 556 g/mol. The average molecular weight is 599 g/mol. The van der Waals surface area contributed by atoms with Gasteiger partial charge in [-0.3, -0.25) is 19.2 Å². The van der Waals surface area contributed by atoms with Crippen molar-refractivity contribution in [1.82, 2.24) is 0 Å². The highest BCUT2D eigenvalue weighted by atomic mass is 16.5. The zero-order chi connectivity index (χ0) is 31.6. The first-order valence-corrected chi connectivity index (χ1v) is 16.1. The molecule has 5 aliphatic rings. The number of phenolic OH excluding ortho intramolecular Hbond substituents is 2. The van der Waals surface area contributed by atoms with Gasteiger partial charge in [0, 0.05) is 29.4 Å². The van der Waals surface area contributed by atoms with E-state index < -0.39 is 5.78 Å². The highest BCUT2D eigenvalue weighted by Gasteiger charge is 2.59. The molecule has 6 atom stereocenters. The van der Waals surface area contributed by atoms with Crippen LogP contribution in [-0.2, 0) is 14.3 Å². The van der Waals surface area contributed by atoms with Gasteiger partial charge < -0.3 is 14.9 Å². The Kier molecular flexibility index (Phi) is 7.58. The first-order valence-electron chi connectivity index (χ1n) is 16.1. The van der Waals surface area contributed by atoms with Gasteiger partial charge in [-0.2, -0.15) is 0 Å². The summed E-state index contributed by atoms with van der Waals surface area (Å²) < 4.78 is 5.86. The molecule has 2 N–H and O–H groups in total. The maximum atomic E-state index is 12.3. The van der Waals surface area contributed by atoms with Crippen LogP contribution in [0.5, 0.6) is 11.5 Å². The van der Waals surface area contributed by atoms with Crippen molar-refractivity contribution in [2.45, 2.75) is 91.6 Å². The quantitative estimate of drug-likeness (QED) is 0.304. The summed E-state index contributed by atoms with van der Waals surface area (Å²) in [5, 5.41) is 19.6. The van der Waals surface area contributed by atoms with Crippen LogP contribution in [-0.4, -0.2) is 39.6 Å². The van der Waals surface area contributed by atoms with E-state index in [1.165, 1.54) is 49.1 Å². The van der Waals surface area contributed by atoms with Gasteiger partial charge in [0.2, 0.25) is 5.78 Å². The Hall–Kier alpha value is -3.74. The average Bonchev–Trinajstić information content (AvgIpc) is 3.31. The van der Waals surface area contributed by atoms with Gasteiger partial charge in [-0.1, -0.05) is 38.5 Å². The molecule has 7 nitrogen and oxygen atoms in total. The highest BCUT2D eigenvalue weighted by molar-refractivity contribution is 6.30. The third kappa shape index (κ3) is 4.70. The smallest absolute Gasteiger partial charge is 0.305 e. The lowest BCUT2D eigenvalue weighted by Gasteiger charge is -2.57. The van der Waals surface area contributed by atoms with Crippen molar-refractivity contribution in [2.24, 2.45) is 28.6 Å². The van der Waals surface area contributed by atoms with Crippen LogP contribution in [0.2, 0.25) is 0 Å². The zero-order valence-corrected chi connectivity index (χ0v) is 26.1. The van der Waals surface area contributed by atoms with E-state index in [1.807, 2.05) is 13.0 Å². The molecule has 7 rings (SSSR count). The Morgan fingerprint density at radius 3 is 2.39 bits per heavy atom. The van der Waals surface area contributed by atoms with E-state index in [9.17, 15) is 29.4 Å². The Morgan fingerprint density at radius 1 is 0.886 bits per heavy atom. The van der Waals surface area contributed by atoms with Crippen LogP contribution in [0.1, 0.15) is 116 Å². The topological polar surface area (TPSA) is 118 Å². The SMILES string of the molecule is CCC(=O)OC1CCC2C3CCC4=CC(=O)CCC4(C)C3CCC12C.Cc1cc(O)c2c(c1)C(=O)c1cccc(O)c1C2=O. The molecule has 232 valence electrons. The Morgan fingerprint density at radius 2 is 1.64 bits per heavy atom. The second kappa shape index (κ2) is 11.0. The van der Waals surface area contributed by atoms with Gasteiger partial charge >= 0.3 is 5.97 Å². The lowest BCUT2D eigenvalue weighted by atomic mass is 9.47. The molecule has 6 unspecified atom stereocenters. The number of hydrogen-bond donors (Lipinski definition) is 2. The minimum Gasteiger partial charge on any atom is -0.507 e. The van der Waals surface area contributed by atoms with Crippen LogP contribution in [0.15, 0.2) is 42.0 Å². The molecule has 5 aliphatic carbocycles. The number of allylic oxidation sites excluding steroid dienone is 1. The summed E-state index contributed by atoms with van der Waals surface area (Å²) in [6, 6.07) is 7.36. The van der Waals surface area contributed by atoms with Gasteiger partial charge in [-0.15, -0.1) is 0 Å². The van der Waals surface area contributed by atoms with E-state index in [2.05, 4.69) is 13.8 Å². The minimum atomic E-state index is -0.528. The second-order valence-corrected chi connectivity index (χ2v) is 14.0. The molecule has 0 amide bonds. The van der Waals surface area contributed by atoms with E-state index >= 15 is 0 Å². The van der Waals surface area contributed by atoms with Gasteiger partial charge in [-0.05, 0) is 105 Å². The standard InChI is InChI=1S/C22H32O3.C15H10O4/c1-4-20(24)25-19-8-7-17-16-6-5-14-13-15(23)9-11-21(14,2)18(16)10-12-22(17,19)3;1-7-5-9-13(11(17)6-7)15(19)12-8(14(9)18)3-2-4-10(12)16/h13,16-19H,4-12H2,1-3H3;2-6,16-17H,1H3. The van der Waals surface area contributed by atoms with Gasteiger partial charge in [-0.25, -0.2) is 0 Å². The fraction of sp³-hybridized carbons (Fsp3) is 0.514. The van der Waals surface area contributed by atoms with E-state index in [0.717, 1.165) is 38.0 Å². The molecule has 2 aromatic rings. The lowest BCUT2D eigenvalue weighted by molar-refractivity contribution is -0.159. The molecule has 44 heavy (non-hydrogen) atoms. The number of ether oxygens (including phenoxy) is 1. The zero-order valence-electron chi connectivity index (χ0n) is 26.1. The van der Waals surface area contributed by atoms with Crippen molar-refractivity contribution < 1.29 is 34.1 Å². The van der Waals surface area contributed by atoms with E-state index in [1.54, 1.807) is 13.0 Å². The van der Waals surface area contributed by atoms with Crippen molar-refractivity contribution in [1.29, 1.82) is 0 Å². The molecule has 7 heteroatoms. The van der Waals surface area contributed by atoms with Crippen LogP contribution in [0.25, 0.3) is 0 Å². The van der Waals surface area contributed by atoms with Crippen molar-refractivity contribution in [3.8, 4) is 11.5 Å². The molecule has 3 fully saturated rings. The summed E-state index contributed by atoms with van der Waals surface area (Å²) in [5.74, 6) is 1.04. The molecule has 0 bridgehead atoms. The predicted octanol–water partition coefficient (Wildman–Crippen LogP) is 7.02. The molecule has 0 aliphatic heterocycles. The number of carbonyl (C=O) groups is 4. The number of benzene rings is 2. The van der Waals surface area contributed by atoms with Crippen LogP contribution < -0.4 is 0 Å². The molecule has 0 aromatic heterocycles. The number of aryl methyl sites for hydroxylation is 1. The number of carbonyl (C=O) groups excluding carboxylic acids is 4. The van der Waals surface area contributed by atoms with Crippen molar-refractivity contribution in [3.63, 3.8) is 0 Å². The maximum absolute atomic E-state index is 12.3. The first kappa shape index (κ1) is 30.3. The van der Waals surface area contributed by atoms with Crippen molar-refractivity contribution >= 4 is 23.3 Å². The van der Waals surface area contributed by atoms with Crippen LogP contribution in [0, 0.1) is 35.5 Å². The highest BCUT2D eigenvalue weighted by Crippen LogP contribution is 2.65. The number of aromatic hydroxyl groups is 2. The second-order valence-electron chi connectivity index (χ2n) is 14.0. The third-order valence-electron chi connectivity index (χ3n) is 11.7. The molecule has 0 spiro atoms. The maximum Gasteiger partial charge on any atom is 0.305 e. The molecule has 2 aromatic carbocycles. The number of hydrogen-bond acceptors (Lipinski definition) is 7. The summed E-state index contributed by atoms with van der Waals surface area (Å²) in [4.78, 5) is 48.4. The number of fused-ring (bicyclic) bond motifs is 7. The van der Waals surface area contributed by atoms with Crippen LogP contribution in [0.3, 0.4) is 0 Å². The summed E-state index contributed by atoms with van der Waals surface area (Å²) in [6.45, 7) is 8.42. The molecule has 0 saturated heterocycles. The summed E-state index contributed by atoms with van der Waals surface area (Å²) >= 11 is 0. The van der Waals surface area contributed by atoms with Gasteiger partial charge in [0.25, 0.3) is 0 Å². The van der Waals surface area contributed by atoms with Crippen molar-refractivity contribution in [3.05, 3.63) is 69.8 Å². The molecule has 0 heterocycles. The van der Waals surface area contributed by atoms with Gasteiger partial charge in [0.1, 0.15) is 17.6 Å². The lowest BCUT2D eigenvalue weighted by Crippen LogP contribution is -2.51. The molecule has 3 saturated carbocycles. The van der Waals surface area contributed by atoms with E-state index in [0.29, 0.717) is 29.6 Å². The number of ketones is 3. The third-order valence-corrected chi connectivity index (χ3v) is 11.7.